The molecule has 0 aliphatic carbocycles. The Morgan fingerprint density at radius 2 is 1.60 bits per heavy atom. The van der Waals surface area contributed by atoms with E-state index in [9.17, 15) is 13.2 Å². The number of aromatic nitrogens is 1. The fourth-order valence-electron chi connectivity index (χ4n) is 4.43. The molecular formula is C30H36N4O4S2. The van der Waals surface area contributed by atoms with Gasteiger partial charge in [-0.2, -0.15) is 4.31 Å². The number of benzene rings is 3. The third kappa shape index (κ3) is 6.69. The number of thiazole rings is 1. The molecule has 4 rings (SSSR count). The number of amides is 1. The summed E-state index contributed by atoms with van der Waals surface area (Å²) in [5.74, 6) is 0.507. The molecule has 3 aromatic carbocycles. The maximum Gasteiger partial charge on any atom is 0.260 e. The van der Waals surface area contributed by atoms with Gasteiger partial charge in [0.2, 0.25) is 10.0 Å². The minimum Gasteiger partial charge on any atom is -0.497 e. The Labute approximate surface area is 240 Å². The van der Waals surface area contributed by atoms with Gasteiger partial charge in [0.15, 0.2) is 5.13 Å². The van der Waals surface area contributed by atoms with Crippen molar-refractivity contribution in [3.63, 3.8) is 0 Å². The van der Waals surface area contributed by atoms with Gasteiger partial charge >= 0.3 is 0 Å². The second kappa shape index (κ2) is 13.4. The summed E-state index contributed by atoms with van der Waals surface area (Å²) in [6.45, 7) is 9.51. The average molecular weight is 581 g/mol. The van der Waals surface area contributed by atoms with E-state index in [4.69, 9.17) is 9.72 Å². The van der Waals surface area contributed by atoms with Crippen LogP contribution in [0, 0.1) is 0 Å². The number of hydrogen-bond acceptors (Lipinski definition) is 7. The lowest BCUT2D eigenvalue weighted by molar-refractivity contribution is 0.0983. The monoisotopic (exact) mass is 580 g/mol. The average Bonchev–Trinajstić information content (AvgIpc) is 3.41. The van der Waals surface area contributed by atoms with Crippen LogP contribution in [0.15, 0.2) is 77.7 Å². The Morgan fingerprint density at radius 1 is 0.900 bits per heavy atom. The number of rotatable bonds is 13. The molecule has 0 unspecified atom stereocenters. The molecule has 0 spiro atoms. The third-order valence-electron chi connectivity index (χ3n) is 6.89. The van der Waals surface area contributed by atoms with Crippen LogP contribution in [0.25, 0.3) is 10.2 Å². The highest BCUT2D eigenvalue weighted by molar-refractivity contribution is 7.89. The zero-order valence-corrected chi connectivity index (χ0v) is 25.0. The summed E-state index contributed by atoms with van der Waals surface area (Å²) < 4.78 is 34.5. The van der Waals surface area contributed by atoms with Crippen molar-refractivity contribution in [2.75, 3.05) is 44.7 Å². The van der Waals surface area contributed by atoms with Crippen molar-refractivity contribution in [2.24, 2.45) is 0 Å². The Kier molecular flexibility index (Phi) is 9.91. The Morgan fingerprint density at radius 3 is 2.23 bits per heavy atom. The zero-order chi connectivity index (χ0) is 28.7. The van der Waals surface area contributed by atoms with Gasteiger partial charge in [0.1, 0.15) is 5.75 Å². The highest BCUT2D eigenvalue weighted by Crippen LogP contribution is 2.32. The number of fused-ring (bicyclic) bond motifs is 1. The fraction of sp³-hybridized carbons (Fsp3) is 0.333. The van der Waals surface area contributed by atoms with Crippen molar-refractivity contribution < 1.29 is 17.9 Å². The standard InChI is InChI=1S/C30H36N4O4S2/c1-5-32(6-2)19-20-34(30-31-27-18-15-25(38-4)21-28(27)39-30)29(35)24-13-16-26(17-14-24)40(36,37)33(7-3)22-23-11-9-8-10-12-23/h8-18,21H,5-7,19-20,22H2,1-4H3. The van der Waals surface area contributed by atoms with E-state index in [0.717, 1.165) is 34.6 Å². The van der Waals surface area contributed by atoms with Gasteiger partial charge < -0.3 is 9.64 Å². The van der Waals surface area contributed by atoms with Crippen molar-refractivity contribution in [3.8, 4) is 5.75 Å². The normalized spacial score (nSPS) is 11.8. The van der Waals surface area contributed by atoms with Crippen LogP contribution < -0.4 is 9.64 Å². The molecule has 4 aromatic rings. The van der Waals surface area contributed by atoms with E-state index in [2.05, 4.69) is 18.7 Å². The molecule has 1 aromatic heterocycles. The maximum absolute atomic E-state index is 13.8. The molecule has 8 nitrogen and oxygen atoms in total. The summed E-state index contributed by atoms with van der Waals surface area (Å²) in [5, 5.41) is 0.595. The van der Waals surface area contributed by atoms with Gasteiger partial charge in [0, 0.05) is 31.7 Å². The maximum atomic E-state index is 13.8. The van der Waals surface area contributed by atoms with E-state index < -0.39 is 10.0 Å². The van der Waals surface area contributed by atoms with Crippen LogP contribution in [0.4, 0.5) is 5.13 Å². The minimum absolute atomic E-state index is 0.156. The first-order valence-electron chi connectivity index (χ1n) is 13.4. The summed E-state index contributed by atoms with van der Waals surface area (Å²) in [6, 6.07) is 21.4. The second-order valence-electron chi connectivity index (χ2n) is 9.25. The van der Waals surface area contributed by atoms with Crippen LogP contribution in [0.2, 0.25) is 0 Å². The van der Waals surface area contributed by atoms with Gasteiger partial charge in [-0.1, -0.05) is 62.4 Å². The van der Waals surface area contributed by atoms with Crippen molar-refractivity contribution in [1.82, 2.24) is 14.2 Å². The van der Waals surface area contributed by atoms with Gasteiger partial charge in [-0.15, -0.1) is 0 Å². The van der Waals surface area contributed by atoms with E-state index in [-0.39, 0.29) is 17.3 Å². The third-order valence-corrected chi connectivity index (χ3v) is 9.86. The van der Waals surface area contributed by atoms with E-state index in [1.54, 1.807) is 24.1 Å². The number of methoxy groups -OCH3 is 1. The number of anilines is 1. The fourth-order valence-corrected chi connectivity index (χ4v) is 6.88. The summed E-state index contributed by atoms with van der Waals surface area (Å²) in [6.07, 6.45) is 0. The number of nitrogens with zero attached hydrogens (tertiary/aromatic N) is 4. The van der Waals surface area contributed by atoms with E-state index in [1.807, 2.05) is 55.5 Å². The number of ether oxygens (including phenoxy) is 1. The predicted molar refractivity (Wildman–Crippen MR) is 162 cm³/mol. The molecule has 0 fully saturated rings. The van der Waals surface area contributed by atoms with Gasteiger partial charge in [-0.3, -0.25) is 9.69 Å². The lowest BCUT2D eigenvalue weighted by atomic mass is 10.2. The molecule has 0 radical (unpaired) electrons. The molecular weight excluding hydrogens is 544 g/mol. The largest absolute Gasteiger partial charge is 0.497 e. The molecule has 1 heterocycles. The first kappa shape index (κ1) is 29.7. The van der Waals surface area contributed by atoms with Crippen molar-refractivity contribution >= 4 is 42.6 Å². The number of carbonyl (C=O) groups is 1. The van der Waals surface area contributed by atoms with Crippen LogP contribution in [0.3, 0.4) is 0 Å². The number of carbonyl (C=O) groups excluding carboxylic acids is 1. The van der Waals surface area contributed by atoms with Gasteiger partial charge in [-0.25, -0.2) is 13.4 Å². The Bertz CT molecular complexity index is 1520. The molecule has 0 aliphatic rings. The van der Waals surface area contributed by atoms with Crippen LogP contribution in [0.5, 0.6) is 5.75 Å². The minimum atomic E-state index is -3.74. The van der Waals surface area contributed by atoms with Crippen LogP contribution in [-0.2, 0) is 16.6 Å². The van der Waals surface area contributed by atoms with Gasteiger partial charge in [0.25, 0.3) is 5.91 Å². The highest BCUT2D eigenvalue weighted by atomic mass is 32.2. The molecule has 0 saturated heterocycles. The molecule has 10 heteroatoms. The number of likely N-dealkylation sites (N-methyl/N-ethyl adjacent to an activating group) is 1. The SMILES string of the molecule is CCN(CC)CCN(C(=O)c1ccc(S(=O)(=O)N(CC)Cc2ccccc2)cc1)c1nc2ccc(OC)cc2s1. The van der Waals surface area contributed by atoms with Crippen molar-refractivity contribution in [2.45, 2.75) is 32.2 Å². The van der Waals surface area contributed by atoms with E-state index >= 15 is 0 Å². The van der Waals surface area contributed by atoms with Gasteiger partial charge in [-0.05, 0) is 61.1 Å². The molecule has 0 saturated carbocycles. The van der Waals surface area contributed by atoms with E-state index in [1.165, 1.54) is 27.8 Å². The zero-order valence-electron chi connectivity index (χ0n) is 23.4. The highest BCUT2D eigenvalue weighted by Gasteiger charge is 2.26. The Hall–Kier alpha value is -3.31. The van der Waals surface area contributed by atoms with E-state index in [0.29, 0.717) is 30.3 Å². The summed E-state index contributed by atoms with van der Waals surface area (Å²) in [4.78, 5) is 22.7. The first-order valence-corrected chi connectivity index (χ1v) is 15.7. The summed E-state index contributed by atoms with van der Waals surface area (Å²) >= 11 is 1.43. The molecule has 0 bridgehead atoms. The lowest BCUT2D eigenvalue weighted by Crippen LogP contribution is -2.39. The second-order valence-corrected chi connectivity index (χ2v) is 12.2. The molecule has 0 atom stereocenters. The van der Waals surface area contributed by atoms with Gasteiger partial charge in [0.05, 0.1) is 22.2 Å². The van der Waals surface area contributed by atoms with Crippen LogP contribution in [0.1, 0.15) is 36.7 Å². The number of hydrogen-bond donors (Lipinski definition) is 0. The Balaban J connectivity index is 1.61. The number of sulfonamides is 1. The molecule has 0 aliphatic heterocycles. The molecule has 0 N–H and O–H groups in total. The summed E-state index contributed by atoms with van der Waals surface area (Å²) in [7, 11) is -2.12. The van der Waals surface area contributed by atoms with Crippen LogP contribution >= 0.6 is 11.3 Å². The van der Waals surface area contributed by atoms with Crippen molar-refractivity contribution in [1.29, 1.82) is 0 Å². The lowest BCUT2D eigenvalue weighted by Gasteiger charge is -2.25. The summed E-state index contributed by atoms with van der Waals surface area (Å²) in [5.41, 5.74) is 2.11. The first-order chi connectivity index (χ1) is 19.3. The van der Waals surface area contributed by atoms with Crippen LogP contribution in [-0.4, -0.2) is 68.3 Å². The predicted octanol–water partition coefficient (Wildman–Crippen LogP) is 5.50. The molecule has 1 amide bonds. The molecule has 212 valence electrons. The smallest absolute Gasteiger partial charge is 0.260 e. The quantitative estimate of drug-likeness (QED) is 0.208. The topological polar surface area (TPSA) is 83.1 Å². The van der Waals surface area contributed by atoms with Crippen molar-refractivity contribution in [3.05, 3.63) is 83.9 Å². The molecule has 40 heavy (non-hydrogen) atoms.